The number of hydrogen-bond acceptors (Lipinski definition) is 5. The van der Waals surface area contributed by atoms with Crippen LogP contribution in [0.1, 0.15) is 63.7 Å². The fourth-order valence-electron chi connectivity index (χ4n) is 4.67. The highest BCUT2D eigenvalue weighted by Gasteiger charge is 2.26. The number of fused-ring (bicyclic) bond motifs is 1. The molecule has 2 heterocycles. The van der Waals surface area contributed by atoms with E-state index >= 15 is 0 Å². The van der Waals surface area contributed by atoms with E-state index in [4.69, 9.17) is 5.73 Å². The van der Waals surface area contributed by atoms with Gasteiger partial charge < -0.3 is 26.0 Å². The maximum absolute atomic E-state index is 13.3. The van der Waals surface area contributed by atoms with Crippen molar-refractivity contribution in [3.63, 3.8) is 0 Å². The second-order valence-electron chi connectivity index (χ2n) is 10.6. The Morgan fingerprint density at radius 3 is 2.44 bits per heavy atom. The topological polar surface area (TPSA) is 122 Å². The van der Waals surface area contributed by atoms with Crippen LogP contribution < -0.4 is 16.4 Å². The average Bonchev–Trinajstić information content (AvgIpc) is 3.31. The molecule has 0 radical (unpaired) electrons. The summed E-state index contributed by atoms with van der Waals surface area (Å²) in [4.78, 5) is 30.0. The van der Waals surface area contributed by atoms with Crippen molar-refractivity contribution in [3.05, 3.63) is 60.4 Å². The Balaban J connectivity index is 0.00000533. The highest BCUT2D eigenvalue weighted by molar-refractivity contribution is 6.07. The summed E-state index contributed by atoms with van der Waals surface area (Å²) in [6.45, 7) is 9.16. The molecular formula is C30H44ClN5O3. The monoisotopic (exact) mass is 557 g/mol. The summed E-state index contributed by atoms with van der Waals surface area (Å²) in [5, 5.41) is 17.6. The molecule has 4 atom stereocenters. The van der Waals surface area contributed by atoms with Crippen LogP contribution in [0.5, 0.6) is 0 Å². The molecule has 0 spiro atoms. The van der Waals surface area contributed by atoms with Crippen molar-refractivity contribution in [1.29, 1.82) is 0 Å². The Bertz CT molecular complexity index is 1180. The van der Waals surface area contributed by atoms with E-state index in [1.807, 2.05) is 60.2 Å². The van der Waals surface area contributed by atoms with E-state index in [0.717, 1.165) is 29.6 Å². The number of nitrogens with zero attached hydrogens (tertiary/aromatic N) is 2. The van der Waals surface area contributed by atoms with Gasteiger partial charge in [-0.15, -0.1) is 12.4 Å². The van der Waals surface area contributed by atoms with Crippen LogP contribution in [0, 0.1) is 17.8 Å². The van der Waals surface area contributed by atoms with E-state index < -0.39 is 12.1 Å². The van der Waals surface area contributed by atoms with E-state index in [9.17, 15) is 14.7 Å². The molecule has 0 unspecified atom stereocenters. The Morgan fingerprint density at radius 2 is 1.77 bits per heavy atom. The molecule has 3 rings (SSSR count). The number of pyridine rings is 1. The zero-order valence-corrected chi connectivity index (χ0v) is 24.3. The molecule has 0 bridgehead atoms. The van der Waals surface area contributed by atoms with Gasteiger partial charge in [0.2, 0.25) is 5.91 Å². The Labute approximate surface area is 238 Å². The van der Waals surface area contributed by atoms with Gasteiger partial charge in [0.1, 0.15) is 5.82 Å². The summed E-state index contributed by atoms with van der Waals surface area (Å²) < 4.78 is 1.93. The van der Waals surface area contributed by atoms with Crippen LogP contribution in [0.2, 0.25) is 0 Å². The van der Waals surface area contributed by atoms with Crippen molar-refractivity contribution < 1.29 is 14.7 Å². The largest absolute Gasteiger partial charge is 0.391 e. The molecule has 2 aromatic heterocycles. The second-order valence-corrected chi connectivity index (χ2v) is 10.6. The maximum atomic E-state index is 13.3. The number of carbonyl (C=O) groups is 2. The molecule has 0 saturated carbocycles. The number of rotatable bonds is 14. The average molecular weight is 558 g/mol. The smallest absolute Gasteiger partial charge is 0.253 e. The van der Waals surface area contributed by atoms with E-state index in [1.165, 1.54) is 0 Å². The number of nitrogens with two attached hydrogens (primary N) is 1. The summed E-state index contributed by atoms with van der Waals surface area (Å²) >= 11 is 0. The lowest BCUT2D eigenvalue weighted by molar-refractivity contribution is -0.125. The first-order valence-corrected chi connectivity index (χ1v) is 13.7. The lowest BCUT2D eigenvalue weighted by Gasteiger charge is -2.28. The fraction of sp³-hybridized carbons (Fsp3) is 0.500. The predicted octanol–water partition coefficient (Wildman–Crippen LogP) is 4.47. The van der Waals surface area contributed by atoms with Gasteiger partial charge in [0.25, 0.3) is 5.91 Å². The number of aliphatic hydroxyl groups excluding tert-OH is 1. The van der Waals surface area contributed by atoms with Crippen molar-refractivity contribution in [1.82, 2.24) is 20.2 Å². The minimum atomic E-state index is -0.796. The van der Waals surface area contributed by atoms with E-state index in [2.05, 4.69) is 36.4 Å². The van der Waals surface area contributed by atoms with Crippen LogP contribution in [-0.4, -0.2) is 51.7 Å². The van der Waals surface area contributed by atoms with Crippen LogP contribution in [0.25, 0.3) is 16.7 Å². The molecule has 0 saturated heterocycles. The number of unbranched alkanes of at least 4 members (excludes halogenated alkanes) is 1. The zero-order valence-electron chi connectivity index (χ0n) is 23.5. The first-order valence-electron chi connectivity index (χ1n) is 13.7. The molecule has 0 aliphatic rings. The molecule has 0 fully saturated rings. The third-order valence-corrected chi connectivity index (χ3v) is 7.26. The summed E-state index contributed by atoms with van der Waals surface area (Å²) in [7, 11) is 0. The number of benzene rings is 1. The van der Waals surface area contributed by atoms with E-state index in [-0.39, 0.29) is 42.0 Å². The molecule has 2 amide bonds. The van der Waals surface area contributed by atoms with Crippen LogP contribution >= 0.6 is 12.4 Å². The number of halogens is 1. The molecule has 1 aromatic carbocycles. The molecule has 0 aliphatic carbocycles. The fourth-order valence-corrected chi connectivity index (χ4v) is 4.67. The van der Waals surface area contributed by atoms with Crippen molar-refractivity contribution in [3.8, 4) is 5.82 Å². The number of carbonyl (C=O) groups excluding carboxylic acids is 2. The third-order valence-electron chi connectivity index (χ3n) is 7.26. The number of amides is 2. The number of aliphatic hydroxyl groups is 1. The SMILES string of the molecule is CCCCNC(=O)[C@H](C)C[C@H](O)[C@@H](N)C[C@@H](CNC(=O)c1cn(-c2ccccn2)c2ccccc12)C(C)C.Cl. The minimum Gasteiger partial charge on any atom is -0.391 e. The minimum absolute atomic E-state index is 0. The first kappa shape index (κ1) is 32.3. The van der Waals surface area contributed by atoms with Gasteiger partial charge in [-0.2, -0.15) is 0 Å². The quantitative estimate of drug-likeness (QED) is 0.218. The molecule has 8 nitrogen and oxygen atoms in total. The van der Waals surface area contributed by atoms with Crippen LogP contribution in [0.3, 0.4) is 0 Å². The van der Waals surface area contributed by atoms with Crippen LogP contribution in [0.4, 0.5) is 0 Å². The Hall–Kier alpha value is -2.94. The van der Waals surface area contributed by atoms with Gasteiger partial charge >= 0.3 is 0 Å². The molecule has 9 heteroatoms. The highest BCUT2D eigenvalue weighted by Crippen LogP contribution is 2.25. The van der Waals surface area contributed by atoms with Crippen molar-refractivity contribution in [2.24, 2.45) is 23.5 Å². The van der Waals surface area contributed by atoms with Gasteiger partial charge in [-0.25, -0.2) is 4.98 Å². The summed E-state index contributed by atoms with van der Waals surface area (Å²) in [5.74, 6) is 0.535. The molecule has 3 aromatic rings. The second kappa shape index (κ2) is 15.6. The van der Waals surface area contributed by atoms with Gasteiger partial charge in [0, 0.05) is 42.8 Å². The first-order chi connectivity index (χ1) is 18.2. The maximum Gasteiger partial charge on any atom is 0.253 e. The summed E-state index contributed by atoms with van der Waals surface area (Å²) in [5.41, 5.74) is 7.88. The van der Waals surface area contributed by atoms with Crippen LogP contribution in [0.15, 0.2) is 54.9 Å². The van der Waals surface area contributed by atoms with Gasteiger partial charge in [-0.3, -0.25) is 9.59 Å². The lowest BCUT2D eigenvalue weighted by Crippen LogP contribution is -2.42. The summed E-state index contributed by atoms with van der Waals surface area (Å²) in [6, 6.07) is 13.0. The van der Waals surface area contributed by atoms with Gasteiger partial charge in [0.05, 0.1) is 17.2 Å². The zero-order chi connectivity index (χ0) is 27.7. The van der Waals surface area contributed by atoms with Crippen molar-refractivity contribution in [2.75, 3.05) is 13.1 Å². The van der Waals surface area contributed by atoms with E-state index in [0.29, 0.717) is 31.5 Å². The molecular weight excluding hydrogens is 514 g/mol. The molecule has 0 aliphatic heterocycles. The van der Waals surface area contributed by atoms with E-state index in [1.54, 1.807) is 6.20 Å². The lowest BCUT2D eigenvalue weighted by atomic mass is 9.86. The molecule has 5 N–H and O–H groups in total. The number of nitrogens with one attached hydrogen (secondary N) is 2. The summed E-state index contributed by atoms with van der Waals surface area (Å²) in [6.07, 6.45) is 5.56. The highest BCUT2D eigenvalue weighted by atomic mass is 35.5. The Morgan fingerprint density at radius 1 is 1.05 bits per heavy atom. The molecule has 39 heavy (non-hydrogen) atoms. The predicted molar refractivity (Wildman–Crippen MR) is 159 cm³/mol. The Kier molecular flexibility index (Phi) is 12.9. The third kappa shape index (κ3) is 8.78. The number of hydrogen-bond donors (Lipinski definition) is 4. The van der Waals surface area contributed by atoms with Gasteiger partial charge in [-0.1, -0.05) is 58.4 Å². The van der Waals surface area contributed by atoms with Crippen molar-refractivity contribution >= 4 is 35.1 Å². The normalized spacial score (nSPS) is 14.3. The number of aromatic nitrogens is 2. The number of para-hydroxylation sites is 1. The van der Waals surface area contributed by atoms with Crippen molar-refractivity contribution in [2.45, 2.75) is 65.5 Å². The molecule has 214 valence electrons. The standard InChI is InChI=1S/C30H43N5O3.ClH/c1-5-6-14-33-29(37)21(4)16-27(36)25(31)17-22(20(2)3)18-34-30(38)24-19-35(28-13-9-10-15-32-28)26-12-8-7-11-23(24)26;/h7-13,15,19-22,25,27,36H,5-6,14,16-18,31H2,1-4H3,(H,33,37)(H,34,38);1H/t21-,22+,25+,27+;/m1./s1. The van der Waals surface area contributed by atoms with Gasteiger partial charge in [0.15, 0.2) is 0 Å². The van der Waals surface area contributed by atoms with Gasteiger partial charge in [-0.05, 0) is 49.3 Å². The van der Waals surface area contributed by atoms with Crippen LogP contribution in [-0.2, 0) is 4.79 Å².